The molecule has 0 amide bonds. The fraction of sp³-hybridized carbons (Fsp3) is 0.538. The Hall–Kier alpha value is -1.18. The summed E-state index contributed by atoms with van der Waals surface area (Å²) in [6.45, 7) is 3.48. The van der Waals surface area contributed by atoms with Crippen LogP contribution in [0.15, 0.2) is 17.0 Å². The second-order valence-electron chi connectivity index (χ2n) is 4.62. The van der Waals surface area contributed by atoms with Gasteiger partial charge in [-0.25, -0.2) is 12.8 Å². The van der Waals surface area contributed by atoms with Crippen LogP contribution in [0, 0.1) is 12.7 Å². The number of aliphatic hydroxyl groups excluding tert-OH is 1. The molecule has 20 heavy (non-hydrogen) atoms. The quantitative estimate of drug-likeness (QED) is 0.748. The van der Waals surface area contributed by atoms with E-state index in [1.54, 1.807) is 0 Å². The molecule has 7 heteroatoms. The van der Waals surface area contributed by atoms with Gasteiger partial charge in [-0.2, -0.15) is 4.31 Å². The van der Waals surface area contributed by atoms with Gasteiger partial charge in [-0.1, -0.05) is 13.3 Å². The van der Waals surface area contributed by atoms with E-state index in [9.17, 15) is 12.8 Å². The van der Waals surface area contributed by atoms with Gasteiger partial charge in [-0.3, -0.25) is 0 Å². The van der Waals surface area contributed by atoms with Gasteiger partial charge in [-0.15, -0.1) is 0 Å². The van der Waals surface area contributed by atoms with E-state index in [0.717, 1.165) is 12.5 Å². The first-order valence-electron chi connectivity index (χ1n) is 6.51. The van der Waals surface area contributed by atoms with Crippen molar-refractivity contribution >= 4 is 15.7 Å². The number of hydrogen-bond donors (Lipinski definition) is 2. The Bertz CT molecular complexity index is 538. The van der Waals surface area contributed by atoms with E-state index in [2.05, 4.69) is 0 Å². The molecule has 0 saturated carbocycles. The van der Waals surface area contributed by atoms with Crippen LogP contribution in [0.4, 0.5) is 10.1 Å². The number of anilines is 1. The van der Waals surface area contributed by atoms with Crippen molar-refractivity contribution in [3.8, 4) is 0 Å². The largest absolute Gasteiger partial charge is 0.396 e. The molecule has 1 aromatic rings. The Morgan fingerprint density at radius 1 is 1.35 bits per heavy atom. The molecule has 114 valence electrons. The fourth-order valence-electron chi connectivity index (χ4n) is 1.86. The molecule has 0 bridgehead atoms. The van der Waals surface area contributed by atoms with Gasteiger partial charge in [0.25, 0.3) is 0 Å². The van der Waals surface area contributed by atoms with Gasteiger partial charge in [0.15, 0.2) is 0 Å². The van der Waals surface area contributed by atoms with Crippen molar-refractivity contribution in [3.63, 3.8) is 0 Å². The van der Waals surface area contributed by atoms with Crippen LogP contribution in [-0.4, -0.2) is 37.5 Å². The fourth-order valence-corrected chi connectivity index (χ4v) is 3.45. The maximum atomic E-state index is 13.5. The zero-order chi connectivity index (χ0) is 15.3. The first-order chi connectivity index (χ1) is 9.34. The summed E-state index contributed by atoms with van der Waals surface area (Å²) in [5.74, 6) is -0.605. The van der Waals surface area contributed by atoms with E-state index in [4.69, 9.17) is 10.8 Å². The number of hydrogen-bond acceptors (Lipinski definition) is 4. The molecule has 0 spiro atoms. The molecule has 0 aliphatic rings. The Labute approximate surface area is 119 Å². The van der Waals surface area contributed by atoms with E-state index < -0.39 is 15.8 Å². The maximum Gasteiger partial charge on any atom is 0.243 e. The number of nitrogens with two attached hydrogens (primary N) is 1. The summed E-state index contributed by atoms with van der Waals surface area (Å²) >= 11 is 0. The van der Waals surface area contributed by atoms with Gasteiger partial charge in [0, 0.05) is 13.1 Å². The smallest absolute Gasteiger partial charge is 0.243 e. The molecule has 1 rings (SSSR count). The zero-order valence-corrected chi connectivity index (χ0v) is 12.6. The minimum Gasteiger partial charge on any atom is -0.396 e. The highest BCUT2D eigenvalue weighted by Crippen LogP contribution is 2.23. The molecule has 0 aromatic heterocycles. The topological polar surface area (TPSA) is 83.6 Å². The lowest BCUT2D eigenvalue weighted by Crippen LogP contribution is -2.34. The summed E-state index contributed by atoms with van der Waals surface area (Å²) in [5.41, 5.74) is 5.48. The van der Waals surface area contributed by atoms with Crippen molar-refractivity contribution in [2.45, 2.75) is 31.6 Å². The number of halogens is 1. The van der Waals surface area contributed by atoms with Crippen molar-refractivity contribution < 1.29 is 17.9 Å². The number of sulfonamides is 1. The molecule has 0 fully saturated rings. The molecule has 0 aliphatic carbocycles. The van der Waals surface area contributed by atoms with Crippen LogP contribution in [0.2, 0.25) is 0 Å². The molecule has 0 radical (unpaired) electrons. The number of nitrogen functional groups attached to an aromatic ring is 1. The summed E-state index contributed by atoms with van der Waals surface area (Å²) in [7, 11) is -3.77. The van der Waals surface area contributed by atoms with E-state index in [-0.39, 0.29) is 29.3 Å². The SMILES string of the molecule is CCCCN(CCO)S(=O)(=O)c1cc(C)c(F)c(N)c1. The Morgan fingerprint density at radius 2 is 2.00 bits per heavy atom. The lowest BCUT2D eigenvalue weighted by molar-refractivity contribution is 0.252. The van der Waals surface area contributed by atoms with Gasteiger partial charge in [0.2, 0.25) is 10.0 Å². The van der Waals surface area contributed by atoms with Crippen molar-refractivity contribution in [2.24, 2.45) is 0 Å². The van der Waals surface area contributed by atoms with Gasteiger partial charge in [-0.05, 0) is 31.0 Å². The summed E-state index contributed by atoms with van der Waals surface area (Å²) in [6, 6.07) is 2.38. The maximum absolute atomic E-state index is 13.5. The molecule has 0 heterocycles. The summed E-state index contributed by atoms with van der Waals surface area (Å²) in [4.78, 5) is -0.0431. The highest BCUT2D eigenvalue weighted by Gasteiger charge is 2.25. The lowest BCUT2D eigenvalue weighted by atomic mass is 10.2. The standard InChI is InChI=1S/C13H21FN2O3S/c1-3-4-5-16(6-7-17)20(18,19)11-8-10(2)13(14)12(15)9-11/h8-9,17H,3-7,15H2,1-2H3. The summed E-state index contributed by atoms with van der Waals surface area (Å²) in [5, 5.41) is 9.01. The highest BCUT2D eigenvalue weighted by molar-refractivity contribution is 7.89. The van der Waals surface area contributed by atoms with E-state index in [1.807, 2.05) is 6.92 Å². The predicted octanol–water partition coefficient (Wildman–Crippen LogP) is 1.50. The molecule has 0 unspecified atom stereocenters. The molecule has 0 atom stereocenters. The summed E-state index contributed by atoms with van der Waals surface area (Å²) < 4.78 is 39.6. The Kier molecular flexibility index (Phi) is 5.91. The summed E-state index contributed by atoms with van der Waals surface area (Å²) in [6.07, 6.45) is 1.52. The Morgan fingerprint density at radius 3 is 2.50 bits per heavy atom. The van der Waals surface area contributed by atoms with E-state index >= 15 is 0 Å². The number of rotatable bonds is 7. The third-order valence-electron chi connectivity index (χ3n) is 3.00. The van der Waals surface area contributed by atoms with Gasteiger partial charge >= 0.3 is 0 Å². The molecule has 0 saturated heterocycles. The van der Waals surface area contributed by atoms with Crippen molar-refractivity contribution in [1.82, 2.24) is 4.31 Å². The van der Waals surface area contributed by atoms with Crippen LogP contribution >= 0.6 is 0 Å². The molecule has 3 N–H and O–H groups in total. The van der Waals surface area contributed by atoms with Crippen LogP contribution < -0.4 is 5.73 Å². The number of nitrogens with zero attached hydrogens (tertiary/aromatic N) is 1. The van der Waals surface area contributed by atoms with Crippen molar-refractivity contribution in [2.75, 3.05) is 25.4 Å². The second kappa shape index (κ2) is 7.01. The van der Waals surface area contributed by atoms with Crippen LogP contribution in [0.3, 0.4) is 0 Å². The third kappa shape index (κ3) is 3.68. The van der Waals surface area contributed by atoms with Gasteiger partial charge in [0.1, 0.15) is 5.82 Å². The monoisotopic (exact) mass is 304 g/mol. The molecule has 5 nitrogen and oxygen atoms in total. The zero-order valence-electron chi connectivity index (χ0n) is 11.8. The molecular weight excluding hydrogens is 283 g/mol. The second-order valence-corrected chi connectivity index (χ2v) is 6.56. The highest BCUT2D eigenvalue weighted by atomic mass is 32.2. The number of aryl methyl sites for hydroxylation is 1. The average Bonchev–Trinajstić information content (AvgIpc) is 2.39. The molecule has 1 aromatic carbocycles. The minimum absolute atomic E-state index is 0.0126. The predicted molar refractivity (Wildman–Crippen MR) is 76.3 cm³/mol. The minimum atomic E-state index is -3.77. The van der Waals surface area contributed by atoms with Crippen LogP contribution in [0.25, 0.3) is 0 Å². The Balaban J connectivity index is 3.18. The third-order valence-corrected chi connectivity index (χ3v) is 4.88. The first-order valence-corrected chi connectivity index (χ1v) is 7.95. The van der Waals surface area contributed by atoms with E-state index in [1.165, 1.54) is 17.3 Å². The molecular formula is C13H21FN2O3S. The van der Waals surface area contributed by atoms with Crippen molar-refractivity contribution in [1.29, 1.82) is 0 Å². The van der Waals surface area contributed by atoms with Gasteiger partial charge in [0.05, 0.1) is 17.2 Å². The van der Waals surface area contributed by atoms with Crippen LogP contribution in [0.1, 0.15) is 25.3 Å². The number of aliphatic hydroxyl groups is 1. The van der Waals surface area contributed by atoms with Crippen LogP contribution in [0.5, 0.6) is 0 Å². The lowest BCUT2D eigenvalue weighted by Gasteiger charge is -2.21. The van der Waals surface area contributed by atoms with Crippen LogP contribution in [-0.2, 0) is 10.0 Å². The number of unbranched alkanes of at least 4 members (excludes halogenated alkanes) is 1. The molecule has 0 aliphatic heterocycles. The van der Waals surface area contributed by atoms with Gasteiger partial charge < -0.3 is 10.8 Å². The van der Waals surface area contributed by atoms with E-state index in [0.29, 0.717) is 13.0 Å². The average molecular weight is 304 g/mol. The first kappa shape index (κ1) is 16.9. The van der Waals surface area contributed by atoms with Crippen molar-refractivity contribution in [3.05, 3.63) is 23.5 Å². The normalized spacial score (nSPS) is 12.1. The number of benzene rings is 1.